The average Bonchev–Trinajstić information content (AvgIpc) is 2.72. The Kier molecular flexibility index (Phi) is 6.61. The summed E-state index contributed by atoms with van der Waals surface area (Å²) in [5, 5.41) is 8.47. The zero-order chi connectivity index (χ0) is 22.5. The van der Waals surface area contributed by atoms with Crippen LogP contribution in [0.5, 0.6) is 5.88 Å². The summed E-state index contributed by atoms with van der Waals surface area (Å²) in [6, 6.07) is 6.24. The van der Waals surface area contributed by atoms with Gasteiger partial charge in [0.1, 0.15) is 28.2 Å². The molecule has 160 valence electrons. The smallest absolute Gasteiger partial charge is 0.261 e. The van der Waals surface area contributed by atoms with Crippen molar-refractivity contribution in [3.8, 4) is 5.88 Å². The second-order valence-corrected chi connectivity index (χ2v) is 6.79. The number of carbonyl (C=O) groups excluding carboxylic acids is 2. The molecule has 0 bridgehead atoms. The summed E-state index contributed by atoms with van der Waals surface area (Å²) < 4.78 is 5.13. The minimum Gasteiger partial charge on any atom is -0.480 e. The molecule has 0 aromatic carbocycles. The highest BCUT2D eigenvalue weighted by Crippen LogP contribution is 2.24. The van der Waals surface area contributed by atoms with E-state index in [0.29, 0.717) is 17.5 Å². The Labute approximate surface area is 183 Å². The van der Waals surface area contributed by atoms with E-state index in [1.54, 1.807) is 13.0 Å². The molecule has 0 atom stereocenters. The number of ether oxygens (including phenoxy) is 1. The van der Waals surface area contributed by atoms with Gasteiger partial charge < -0.3 is 20.7 Å². The van der Waals surface area contributed by atoms with E-state index in [1.807, 2.05) is 6.92 Å². The van der Waals surface area contributed by atoms with Gasteiger partial charge in [0.15, 0.2) is 0 Å². The standard InChI is InChI=1S/C20H20ClN7O3/c1-10-7-17(25-11(2)24-10)28-16-8-14(13(9-23-16)18(29)22-3)26-19(30)12-5-6-15(21)27-20(12)31-4/h5-9H,1-4H3,(H,22,29)(H2,23,24,25,26,28,30). The Morgan fingerprint density at radius 1 is 1.00 bits per heavy atom. The Hall–Kier alpha value is -3.79. The molecule has 31 heavy (non-hydrogen) atoms. The molecule has 0 unspecified atom stereocenters. The second-order valence-electron chi connectivity index (χ2n) is 6.41. The molecule has 3 rings (SSSR count). The van der Waals surface area contributed by atoms with E-state index in [2.05, 4.69) is 35.9 Å². The zero-order valence-corrected chi connectivity index (χ0v) is 18.0. The highest BCUT2D eigenvalue weighted by Gasteiger charge is 2.19. The van der Waals surface area contributed by atoms with Crippen molar-refractivity contribution in [1.82, 2.24) is 25.3 Å². The van der Waals surface area contributed by atoms with Crippen molar-refractivity contribution in [2.45, 2.75) is 13.8 Å². The molecule has 3 aromatic rings. The largest absolute Gasteiger partial charge is 0.480 e. The molecule has 0 saturated carbocycles. The van der Waals surface area contributed by atoms with Gasteiger partial charge in [-0.05, 0) is 26.0 Å². The van der Waals surface area contributed by atoms with Crippen LogP contribution in [0.4, 0.5) is 17.3 Å². The van der Waals surface area contributed by atoms with Crippen molar-refractivity contribution in [3.05, 3.63) is 58.3 Å². The van der Waals surface area contributed by atoms with Gasteiger partial charge in [0, 0.05) is 31.1 Å². The molecule has 3 N–H and O–H groups in total. The van der Waals surface area contributed by atoms with Crippen LogP contribution in [0.15, 0.2) is 30.5 Å². The number of rotatable bonds is 6. The topological polar surface area (TPSA) is 131 Å². The number of pyridine rings is 2. The van der Waals surface area contributed by atoms with Crippen molar-refractivity contribution in [3.63, 3.8) is 0 Å². The Morgan fingerprint density at radius 2 is 1.77 bits per heavy atom. The van der Waals surface area contributed by atoms with Gasteiger partial charge in [-0.3, -0.25) is 9.59 Å². The lowest BCUT2D eigenvalue weighted by Gasteiger charge is -2.14. The van der Waals surface area contributed by atoms with Crippen molar-refractivity contribution in [2.75, 3.05) is 24.8 Å². The highest BCUT2D eigenvalue weighted by molar-refractivity contribution is 6.29. The van der Waals surface area contributed by atoms with Gasteiger partial charge >= 0.3 is 0 Å². The molecule has 3 heterocycles. The van der Waals surface area contributed by atoms with Crippen LogP contribution >= 0.6 is 11.6 Å². The molecule has 11 heteroatoms. The summed E-state index contributed by atoms with van der Waals surface area (Å²) in [5.41, 5.74) is 1.36. The predicted molar refractivity (Wildman–Crippen MR) is 116 cm³/mol. The van der Waals surface area contributed by atoms with Crippen LogP contribution in [0, 0.1) is 13.8 Å². The maximum atomic E-state index is 12.9. The number of aryl methyl sites for hydroxylation is 2. The Bertz CT molecular complexity index is 1130. The summed E-state index contributed by atoms with van der Waals surface area (Å²) in [6.07, 6.45) is 1.36. The zero-order valence-electron chi connectivity index (χ0n) is 17.3. The molecule has 0 aliphatic carbocycles. The first-order valence-electron chi connectivity index (χ1n) is 9.14. The van der Waals surface area contributed by atoms with E-state index < -0.39 is 11.8 Å². The SMILES string of the molecule is CNC(=O)c1cnc(Nc2cc(C)nc(C)n2)cc1NC(=O)c1ccc(Cl)nc1OC. The molecule has 0 aliphatic rings. The van der Waals surface area contributed by atoms with E-state index in [4.69, 9.17) is 16.3 Å². The summed E-state index contributed by atoms with van der Waals surface area (Å²) in [4.78, 5) is 41.9. The lowest BCUT2D eigenvalue weighted by molar-refractivity contribution is 0.0963. The van der Waals surface area contributed by atoms with Gasteiger partial charge in [-0.1, -0.05) is 11.6 Å². The Morgan fingerprint density at radius 3 is 2.45 bits per heavy atom. The average molecular weight is 442 g/mol. The van der Waals surface area contributed by atoms with Gasteiger partial charge in [-0.2, -0.15) is 0 Å². The summed E-state index contributed by atoms with van der Waals surface area (Å²) >= 11 is 5.86. The third kappa shape index (κ3) is 5.23. The van der Waals surface area contributed by atoms with Crippen molar-refractivity contribution in [2.24, 2.45) is 0 Å². The molecule has 0 fully saturated rings. The lowest BCUT2D eigenvalue weighted by Crippen LogP contribution is -2.22. The minimum atomic E-state index is -0.531. The molecule has 3 aromatic heterocycles. The van der Waals surface area contributed by atoms with Crippen LogP contribution in [0.25, 0.3) is 0 Å². The number of aromatic nitrogens is 4. The van der Waals surface area contributed by atoms with Crippen LogP contribution in [0.2, 0.25) is 5.15 Å². The fourth-order valence-electron chi connectivity index (χ4n) is 2.79. The molecular weight excluding hydrogens is 422 g/mol. The van der Waals surface area contributed by atoms with Gasteiger partial charge in [0.25, 0.3) is 11.8 Å². The first-order chi connectivity index (χ1) is 14.8. The number of halogens is 1. The first-order valence-corrected chi connectivity index (χ1v) is 9.52. The van der Waals surface area contributed by atoms with E-state index in [9.17, 15) is 9.59 Å². The van der Waals surface area contributed by atoms with Crippen molar-refractivity contribution < 1.29 is 14.3 Å². The third-order valence-corrected chi connectivity index (χ3v) is 4.32. The molecule has 2 amide bonds. The Balaban J connectivity index is 1.96. The normalized spacial score (nSPS) is 10.4. The molecule has 0 spiro atoms. The van der Waals surface area contributed by atoms with Crippen LogP contribution in [0.1, 0.15) is 32.2 Å². The quantitative estimate of drug-likeness (QED) is 0.497. The van der Waals surface area contributed by atoms with E-state index in [0.717, 1.165) is 5.69 Å². The second kappa shape index (κ2) is 9.35. The van der Waals surface area contributed by atoms with Crippen molar-refractivity contribution >= 4 is 40.7 Å². The van der Waals surface area contributed by atoms with E-state index >= 15 is 0 Å². The molecule has 10 nitrogen and oxygen atoms in total. The van der Waals surface area contributed by atoms with Gasteiger partial charge in [-0.25, -0.2) is 19.9 Å². The van der Waals surface area contributed by atoms with Crippen LogP contribution in [-0.2, 0) is 0 Å². The monoisotopic (exact) mass is 441 g/mol. The van der Waals surface area contributed by atoms with Crippen LogP contribution < -0.4 is 20.7 Å². The van der Waals surface area contributed by atoms with Crippen molar-refractivity contribution in [1.29, 1.82) is 0 Å². The summed E-state index contributed by atoms with van der Waals surface area (Å²) in [6.45, 7) is 3.63. The maximum absolute atomic E-state index is 12.9. The summed E-state index contributed by atoms with van der Waals surface area (Å²) in [5.74, 6) is 0.625. The number of amides is 2. The molecule has 0 radical (unpaired) electrons. The van der Waals surface area contributed by atoms with E-state index in [1.165, 1.54) is 38.6 Å². The predicted octanol–water partition coefficient (Wildman–Crippen LogP) is 2.90. The highest BCUT2D eigenvalue weighted by atomic mass is 35.5. The third-order valence-electron chi connectivity index (χ3n) is 4.11. The number of methoxy groups -OCH3 is 1. The summed E-state index contributed by atoms with van der Waals surface area (Å²) in [7, 11) is 2.87. The van der Waals surface area contributed by atoms with Gasteiger partial charge in [0.05, 0.1) is 18.4 Å². The first kappa shape index (κ1) is 21.9. The molecule has 0 saturated heterocycles. The number of hydrogen-bond acceptors (Lipinski definition) is 8. The number of carbonyl (C=O) groups is 2. The lowest BCUT2D eigenvalue weighted by atomic mass is 10.2. The van der Waals surface area contributed by atoms with Gasteiger partial charge in [0.2, 0.25) is 5.88 Å². The molecular formula is C20H20ClN7O3. The van der Waals surface area contributed by atoms with Crippen LogP contribution in [0.3, 0.4) is 0 Å². The van der Waals surface area contributed by atoms with E-state index in [-0.39, 0.29) is 27.8 Å². The molecule has 0 aliphatic heterocycles. The number of nitrogens with zero attached hydrogens (tertiary/aromatic N) is 4. The maximum Gasteiger partial charge on any atom is 0.261 e. The number of hydrogen-bond donors (Lipinski definition) is 3. The van der Waals surface area contributed by atoms with Gasteiger partial charge in [-0.15, -0.1) is 0 Å². The fraction of sp³-hybridized carbons (Fsp3) is 0.200. The number of nitrogens with one attached hydrogen (secondary N) is 3. The fourth-order valence-corrected chi connectivity index (χ4v) is 2.93. The number of anilines is 3. The van der Waals surface area contributed by atoms with Crippen LogP contribution in [-0.4, -0.2) is 45.9 Å². The minimum absolute atomic E-state index is 0.0610.